The van der Waals surface area contributed by atoms with Crippen molar-refractivity contribution in [2.75, 3.05) is 11.9 Å². The van der Waals surface area contributed by atoms with E-state index in [0.29, 0.717) is 10.8 Å². The lowest BCUT2D eigenvalue weighted by Gasteiger charge is -2.09. The van der Waals surface area contributed by atoms with Crippen LogP contribution in [0.2, 0.25) is 5.02 Å². The third-order valence-corrected chi connectivity index (χ3v) is 4.67. The van der Waals surface area contributed by atoms with Crippen molar-refractivity contribution in [1.29, 1.82) is 0 Å². The molecule has 1 amide bonds. The Kier molecular flexibility index (Phi) is 7.00. The van der Waals surface area contributed by atoms with E-state index in [4.69, 9.17) is 16.3 Å². The highest BCUT2D eigenvalue weighted by molar-refractivity contribution is 14.1. The first-order valence-electron chi connectivity index (χ1n) is 8.27. The zero-order valence-electron chi connectivity index (χ0n) is 14.5. The predicted octanol–water partition coefficient (Wildman–Crippen LogP) is 5.85. The number of benzene rings is 3. The maximum Gasteiger partial charge on any atom is 0.262 e. The number of nitrogens with one attached hydrogen (secondary N) is 1. The first kappa shape index (κ1) is 20.3. The lowest BCUT2D eigenvalue weighted by Crippen LogP contribution is -2.20. The van der Waals surface area contributed by atoms with Gasteiger partial charge in [-0.05, 0) is 82.8 Å². The number of halogens is 3. The summed E-state index contributed by atoms with van der Waals surface area (Å²) in [5.74, 6) is -0.632. The highest BCUT2D eigenvalue weighted by atomic mass is 127. The second-order valence-corrected chi connectivity index (χ2v) is 7.39. The van der Waals surface area contributed by atoms with E-state index in [1.165, 1.54) is 12.1 Å². The molecule has 3 aromatic rings. The Hall–Kier alpha value is -2.45. The number of rotatable bonds is 6. The Morgan fingerprint density at radius 2 is 1.89 bits per heavy atom. The number of carbonyl (C=O) groups excluding carboxylic acids is 1. The molecule has 0 saturated heterocycles. The zero-order valence-corrected chi connectivity index (χ0v) is 17.4. The van der Waals surface area contributed by atoms with Gasteiger partial charge in [0, 0.05) is 9.78 Å². The molecule has 0 heterocycles. The molecule has 7 heteroatoms. The van der Waals surface area contributed by atoms with Crippen LogP contribution in [0, 0.1) is 9.39 Å². The lowest BCUT2D eigenvalue weighted by atomic mass is 10.2. The van der Waals surface area contributed by atoms with Gasteiger partial charge < -0.3 is 10.1 Å². The van der Waals surface area contributed by atoms with E-state index in [0.717, 1.165) is 14.8 Å². The van der Waals surface area contributed by atoms with Crippen LogP contribution >= 0.6 is 34.2 Å². The summed E-state index contributed by atoms with van der Waals surface area (Å²) in [5, 5.41) is 2.80. The molecule has 0 aliphatic rings. The van der Waals surface area contributed by atoms with E-state index in [2.05, 4.69) is 32.9 Å². The molecule has 3 aromatic carbocycles. The Labute approximate surface area is 180 Å². The Morgan fingerprint density at radius 1 is 1.14 bits per heavy atom. The molecule has 0 spiro atoms. The maximum absolute atomic E-state index is 13.5. The van der Waals surface area contributed by atoms with Gasteiger partial charge in [-0.1, -0.05) is 23.7 Å². The summed E-state index contributed by atoms with van der Waals surface area (Å²) in [6.07, 6.45) is 1.70. The van der Waals surface area contributed by atoms with Crippen molar-refractivity contribution >= 4 is 57.7 Å². The molecule has 0 atom stereocenters. The molecule has 4 nitrogen and oxygen atoms in total. The number of aliphatic imine (C=N–C) groups is 1. The van der Waals surface area contributed by atoms with Crippen molar-refractivity contribution in [3.8, 4) is 5.75 Å². The van der Waals surface area contributed by atoms with Crippen LogP contribution in [0.1, 0.15) is 5.56 Å². The van der Waals surface area contributed by atoms with Crippen LogP contribution in [0.5, 0.6) is 5.75 Å². The molecule has 0 unspecified atom stereocenters. The molecule has 3 rings (SSSR count). The number of carbonyl (C=O) groups is 1. The van der Waals surface area contributed by atoms with Crippen LogP contribution in [0.25, 0.3) is 0 Å². The second-order valence-electron chi connectivity index (χ2n) is 5.74. The summed E-state index contributed by atoms with van der Waals surface area (Å²) in [6, 6.07) is 18.9. The molecule has 0 saturated carbocycles. The van der Waals surface area contributed by atoms with E-state index >= 15 is 0 Å². The van der Waals surface area contributed by atoms with Gasteiger partial charge in [0.15, 0.2) is 6.61 Å². The number of hydrogen-bond acceptors (Lipinski definition) is 3. The van der Waals surface area contributed by atoms with E-state index in [1.807, 2.05) is 24.3 Å². The molecular weight excluding hydrogens is 494 g/mol. The predicted molar refractivity (Wildman–Crippen MR) is 118 cm³/mol. The molecule has 0 radical (unpaired) electrons. The molecule has 28 heavy (non-hydrogen) atoms. The Morgan fingerprint density at radius 3 is 2.61 bits per heavy atom. The minimum atomic E-state index is -0.509. The van der Waals surface area contributed by atoms with E-state index in [-0.39, 0.29) is 12.3 Å². The summed E-state index contributed by atoms with van der Waals surface area (Å²) < 4.78 is 20.1. The van der Waals surface area contributed by atoms with Gasteiger partial charge in [-0.3, -0.25) is 9.79 Å². The van der Waals surface area contributed by atoms with Gasteiger partial charge in [0.2, 0.25) is 0 Å². The van der Waals surface area contributed by atoms with E-state index in [9.17, 15) is 9.18 Å². The number of anilines is 1. The van der Waals surface area contributed by atoms with Crippen LogP contribution < -0.4 is 10.1 Å². The zero-order chi connectivity index (χ0) is 19.9. The maximum atomic E-state index is 13.5. The fourth-order valence-electron chi connectivity index (χ4n) is 2.28. The Balaban J connectivity index is 1.58. The largest absolute Gasteiger partial charge is 0.482 e. The monoisotopic (exact) mass is 508 g/mol. The normalized spacial score (nSPS) is 10.8. The summed E-state index contributed by atoms with van der Waals surface area (Å²) in [6.45, 7) is -0.288. The summed E-state index contributed by atoms with van der Waals surface area (Å²) >= 11 is 8.46. The van der Waals surface area contributed by atoms with Crippen molar-refractivity contribution in [3.05, 3.63) is 86.7 Å². The van der Waals surface area contributed by atoms with Gasteiger partial charge in [0.05, 0.1) is 16.4 Å². The minimum absolute atomic E-state index is 0.101. The highest BCUT2D eigenvalue weighted by Crippen LogP contribution is 2.25. The SMILES string of the molecule is O=C(COc1ccc(C=Nc2ccc(I)cc2)cc1Cl)Nc1ccccc1F. The van der Waals surface area contributed by atoms with Gasteiger partial charge in [0.1, 0.15) is 11.6 Å². The topological polar surface area (TPSA) is 50.7 Å². The third kappa shape index (κ3) is 5.77. The fourth-order valence-corrected chi connectivity index (χ4v) is 2.89. The molecular formula is C21H15ClFIN2O2. The van der Waals surface area contributed by atoms with E-state index < -0.39 is 11.7 Å². The molecule has 0 fully saturated rings. The third-order valence-electron chi connectivity index (χ3n) is 3.65. The van der Waals surface area contributed by atoms with Crippen molar-refractivity contribution in [3.63, 3.8) is 0 Å². The van der Waals surface area contributed by atoms with Crippen LogP contribution in [-0.4, -0.2) is 18.7 Å². The number of nitrogens with zero attached hydrogens (tertiary/aromatic N) is 1. The molecule has 0 aliphatic carbocycles. The van der Waals surface area contributed by atoms with Gasteiger partial charge in [0.25, 0.3) is 5.91 Å². The molecule has 0 bridgehead atoms. The van der Waals surface area contributed by atoms with Gasteiger partial charge in [-0.15, -0.1) is 0 Å². The number of ether oxygens (including phenoxy) is 1. The molecule has 142 valence electrons. The highest BCUT2D eigenvalue weighted by Gasteiger charge is 2.09. The average molecular weight is 509 g/mol. The Bertz CT molecular complexity index is 1010. The second kappa shape index (κ2) is 9.66. The average Bonchev–Trinajstić information content (AvgIpc) is 2.68. The van der Waals surface area contributed by atoms with Crippen molar-refractivity contribution in [2.24, 2.45) is 4.99 Å². The van der Waals surface area contributed by atoms with Crippen molar-refractivity contribution in [1.82, 2.24) is 0 Å². The summed E-state index contributed by atoms with van der Waals surface area (Å²) in [5.41, 5.74) is 1.73. The first-order valence-corrected chi connectivity index (χ1v) is 9.73. The number of amides is 1. The molecule has 1 N–H and O–H groups in total. The van der Waals surface area contributed by atoms with Gasteiger partial charge >= 0.3 is 0 Å². The first-order chi connectivity index (χ1) is 13.5. The van der Waals surface area contributed by atoms with Crippen LogP contribution in [0.15, 0.2) is 71.7 Å². The van der Waals surface area contributed by atoms with E-state index in [1.54, 1.807) is 36.5 Å². The van der Waals surface area contributed by atoms with Crippen LogP contribution in [-0.2, 0) is 4.79 Å². The lowest BCUT2D eigenvalue weighted by molar-refractivity contribution is -0.118. The molecule has 0 aliphatic heterocycles. The quantitative estimate of drug-likeness (QED) is 0.335. The summed E-state index contributed by atoms with van der Waals surface area (Å²) in [4.78, 5) is 16.3. The summed E-state index contributed by atoms with van der Waals surface area (Å²) in [7, 11) is 0. The van der Waals surface area contributed by atoms with Gasteiger partial charge in [-0.25, -0.2) is 4.39 Å². The fraction of sp³-hybridized carbons (Fsp3) is 0.0476. The number of para-hydroxylation sites is 1. The van der Waals surface area contributed by atoms with Crippen LogP contribution in [0.4, 0.5) is 15.8 Å². The number of hydrogen-bond donors (Lipinski definition) is 1. The smallest absolute Gasteiger partial charge is 0.262 e. The standard InChI is InChI=1S/C21H15ClFIN2O2/c22-17-11-14(12-25-16-8-6-15(24)7-9-16)5-10-20(17)28-13-21(27)26-19-4-2-1-3-18(19)23/h1-12H,13H2,(H,26,27). The van der Waals surface area contributed by atoms with Crippen molar-refractivity contribution < 1.29 is 13.9 Å². The van der Waals surface area contributed by atoms with Crippen LogP contribution in [0.3, 0.4) is 0 Å². The molecule has 0 aromatic heterocycles. The minimum Gasteiger partial charge on any atom is -0.482 e. The van der Waals surface area contributed by atoms with Crippen molar-refractivity contribution in [2.45, 2.75) is 0 Å². The van der Waals surface area contributed by atoms with Gasteiger partial charge in [-0.2, -0.15) is 0 Å².